The minimum Gasteiger partial charge on any atom is -0.487 e. The zero-order chi connectivity index (χ0) is 13.3. The average Bonchev–Trinajstić information content (AvgIpc) is 2.54. The van der Waals surface area contributed by atoms with Crippen LogP contribution in [0.25, 0.3) is 0 Å². The highest BCUT2D eigenvalue weighted by atomic mass is 16.5. The van der Waals surface area contributed by atoms with Crippen LogP contribution in [0.5, 0.6) is 0 Å². The number of carbonyl (C=O) groups excluding carboxylic acids is 2. The van der Waals surface area contributed by atoms with Crippen molar-refractivity contribution >= 4 is 11.6 Å². The van der Waals surface area contributed by atoms with E-state index in [1.165, 1.54) is 0 Å². The summed E-state index contributed by atoms with van der Waals surface area (Å²) in [6.45, 7) is 5.34. The first-order valence-corrected chi connectivity index (χ1v) is 6.03. The Kier molecular flexibility index (Phi) is 3.32. The van der Waals surface area contributed by atoms with Crippen LogP contribution in [0.1, 0.15) is 32.3 Å². The number of Topliss-reactive ketones (excluding diaryl/α,β-unsaturated/α-hetero) is 2. The molecule has 0 bridgehead atoms. The predicted molar refractivity (Wildman–Crippen MR) is 68.1 cm³/mol. The lowest BCUT2D eigenvalue weighted by molar-refractivity contribution is -0.124. The molecule has 0 heterocycles. The fraction of sp³-hybridized carbons (Fsp3) is 0.333. The molecule has 0 fully saturated rings. The first-order chi connectivity index (χ1) is 8.52. The number of rotatable bonds is 3. The third kappa shape index (κ3) is 2.08. The van der Waals surface area contributed by atoms with Crippen LogP contribution in [0.2, 0.25) is 0 Å². The number of ketones is 2. The molecule has 3 nitrogen and oxygen atoms in total. The highest BCUT2D eigenvalue weighted by molar-refractivity contribution is 6.26. The fourth-order valence-corrected chi connectivity index (χ4v) is 2.09. The molecule has 94 valence electrons. The molecule has 0 spiro atoms. The Labute approximate surface area is 106 Å². The molecule has 0 aromatic heterocycles. The normalized spacial score (nSPS) is 19.9. The summed E-state index contributed by atoms with van der Waals surface area (Å²) in [6, 6.07) is 9.11. The molecule has 0 saturated heterocycles. The van der Waals surface area contributed by atoms with Crippen molar-refractivity contribution in [2.45, 2.75) is 32.8 Å². The van der Waals surface area contributed by atoms with E-state index < -0.39 is 5.92 Å². The molecule has 0 radical (unpaired) electrons. The van der Waals surface area contributed by atoms with Crippen molar-refractivity contribution in [3.8, 4) is 0 Å². The van der Waals surface area contributed by atoms with E-state index in [4.69, 9.17) is 4.74 Å². The van der Waals surface area contributed by atoms with Gasteiger partial charge in [-0.15, -0.1) is 0 Å². The number of hydrogen-bond acceptors (Lipinski definition) is 3. The molecule has 0 amide bonds. The smallest absolute Gasteiger partial charge is 0.212 e. The van der Waals surface area contributed by atoms with Crippen LogP contribution in [0.3, 0.4) is 0 Å². The molecular formula is C15H16O3. The van der Waals surface area contributed by atoms with Crippen LogP contribution in [-0.4, -0.2) is 17.7 Å². The summed E-state index contributed by atoms with van der Waals surface area (Å²) in [7, 11) is 0. The number of hydrogen-bond donors (Lipinski definition) is 0. The molecule has 1 aromatic carbocycles. The van der Waals surface area contributed by atoms with Crippen molar-refractivity contribution in [1.29, 1.82) is 0 Å². The monoisotopic (exact) mass is 244 g/mol. The molecule has 0 N–H and O–H groups in total. The molecule has 0 saturated carbocycles. The zero-order valence-electron chi connectivity index (χ0n) is 10.8. The molecule has 0 aliphatic heterocycles. The Morgan fingerprint density at radius 3 is 2.22 bits per heavy atom. The SMILES string of the molecule is CC1=C(OC(C)C)C(=O)C(c2ccccc2)C1=O. The Bertz CT molecular complexity index is 512. The predicted octanol–water partition coefficient (Wildman–Crippen LogP) is 2.62. The number of ether oxygens (including phenoxy) is 1. The van der Waals surface area contributed by atoms with Crippen LogP contribution >= 0.6 is 0 Å². The Hall–Kier alpha value is -1.90. The van der Waals surface area contributed by atoms with Crippen molar-refractivity contribution in [3.63, 3.8) is 0 Å². The van der Waals surface area contributed by atoms with Crippen LogP contribution in [-0.2, 0) is 14.3 Å². The van der Waals surface area contributed by atoms with Gasteiger partial charge in [-0.25, -0.2) is 0 Å². The summed E-state index contributed by atoms with van der Waals surface area (Å²) in [6.07, 6.45) is -0.110. The Morgan fingerprint density at radius 2 is 1.67 bits per heavy atom. The zero-order valence-corrected chi connectivity index (χ0v) is 10.8. The van der Waals surface area contributed by atoms with Crippen LogP contribution < -0.4 is 0 Å². The second kappa shape index (κ2) is 4.77. The first-order valence-electron chi connectivity index (χ1n) is 6.03. The van der Waals surface area contributed by atoms with Gasteiger partial charge in [0.05, 0.1) is 6.10 Å². The fourth-order valence-electron chi connectivity index (χ4n) is 2.09. The lowest BCUT2D eigenvalue weighted by atomic mass is 9.94. The standard InChI is InChI=1S/C15H16O3/c1-9(2)18-15-10(3)13(16)12(14(15)17)11-7-5-4-6-8-11/h4-9,12H,1-3H3. The van der Waals surface area contributed by atoms with Gasteiger partial charge in [0.1, 0.15) is 5.92 Å². The summed E-state index contributed by atoms with van der Waals surface area (Å²) in [5.74, 6) is -0.872. The largest absolute Gasteiger partial charge is 0.487 e. The lowest BCUT2D eigenvalue weighted by Crippen LogP contribution is -2.16. The highest BCUT2D eigenvalue weighted by Gasteiger charge is 2.41. The molecule has 3 heteroatoms. The summed E-state index contributed by atoms with van der Waals surface area (Å²) in [5.41, 5.74) is 1.16. The summed E-state index contributed by atoms with van der Waals surface area (Å²) >= 11 is 0. The van der Waals surface area contributed by atoms with Crippen molar-refractivity contribution in [2.24, 2.45) is 0 Å². The third-order valence-corrected chi connectivity index (χ3v) is 2.94. The Balaban J connectivity index is 2.35. The molecule has 1 unspecified atom stereocenters. The summed E-state index contributed by atoms with van der Waals surface area (Å²) in [5, 5.41) is 0. The van der Waals surface area contributed by atoms with E-state index in [1.807, 2.05) is 32.0 Å². The van der Waals surface area contributed by atoms with Crippen molar-refractivity contribution in [2.75, 3.05) is 0 Å². The van der Waals surface area contributed by atoms with Gasteiger partial charge in [0, 0.05) is 5.57 Å². The molecule has 1 aliphatic rings. The molecule has 1 atom stereocenters. The second-order valence-electron chi connectivity index (χ2n) is 4.69. The van der Waals surface area contributed by atoms with Gasteiger partial charge in [-0.2, -0.15) is 0 Å². The van der Waals surface area contributed by atoms with E-state index in [1.54, 1.807) is 19.1 Å². The van der Waals surface area contributed by atoms with Crippen LogP contribution in [0.15, 0.2) is 41.7 Å². The number of carbonyl (C=O) groups is 2. The molecular weight excluding hydrogens is 228 g/mol. The summed E-state index contributed by atoms with van der Waals surface area (Å²) in [4.78, 5) is 24.4. The quantitative estimate of drug-likeness (QED) is 0.768. The van der Waals surface area contributed by atoms with Crippen LogP contribution in [0.4, 0.5) is 0 Å². The second-order valence-corrected chi connectivity index (χ2v) is 4.69. The topological polar surface area (TPSA) is 43.4 Å². The van der Waals surface area contributed by atoms with E-state index in [0.717, 1.165) is 5.56 Å². The number of allylic oxidation sites excluding steroid dienone is 2. The minimum absolute atomic E-state index is 0.110. The third-order valence-electron chi connectivity index (χ3n) is 2.94. The van der Waals surface area contributed by atoms with E-state index >= 15 is 0 Å². The maximum absolute atomic E-state index is 12.3. The maximum Gasteiger partial charge on any atom is 0.212 e. The maximum atomic E-state index is 12.3. The van der Waals surface area contributed by atoms with Crippen LogP contribution in [0, 0.1) is 0 Å². The van der Waals surface area contributed by atoms with Crippen molar-refractivity contribution in [1.82, 2.24) is 0 Å². The summed E-state index contributed by atoms with van der Waals surface area (Å²) < 4.78 is 5.47. The first kappa shape index (κ1) is 12.6. The van der Waals surface area contributed by atoms with Gasteiger partial charge in [0.2, 0.25) is 5.78 Å². The van der Waals surface area contributed by atoms with Gasteiger partial charge < -0.3 is 4.74 Å². The lowest BCUT2D eigenvalue weighted by Gasteiger charge is -2.11. The van der Waals surface area contributed by atoms with E-state index in [2.05, 4.69) is 0 Å². The van der Waals surface area contributed by atoms with Crippen molar-refractivity contribution in [3.05, 3.63) is 47.2 Å². The van der Waals surface area contributed by atoms with Gasteiger partial charge in [0.15, 0.2) is 11.5 Å². The van der Waals surface area contributed by atoms with E-state index in [0.29, 0.717) is 5.57 Å². The van der Waals surface area contributed by atoms with Gasteiger partial charge >= 0.3 is 0 Å². The van der Waals surface area contributed by atoms with Crippen molar-refractivity contribution < 1.29 is 14.3 Å². The average molecular weight is 244 g/mol. The molecule has 1 aliphatic carbocycles. The van der Waals surface area contributed by atoms with Gasteiger partial charge in [-0.1, -0.05) is 30.3 Å². The molecule has 2 rings (SSSR count). The number of benzene rings is 1. The van der Waals surface area contributed by atoms with Gasteiger partial charge in [0.25, 0.3) is 0 Å². The van der Waals surface area contributed by atoms with Gasteiger partial charge in [-0.3, -0.25) is 9.59 Å². The minimum atomic E-state index is -0.722. The molecule has 18 heavy (non-hydrogen) atoms. The highest BCUT2D eigenvalue weighted by Crippen LogP contribution is 2.33. The Morgan fingerprint density at radius 1 is 1.06 bits per heavy atom. The van der Waals surface area contributed by atoms with E-state index in [-0.39, 0.29) is 23.4 Å². The van der Waals surface area contributed by atoms with Gasteiger partial charge in [-0.05, 0) is 26.3 Å². The van der Waals surface area contributed by atoms with E-state index in [9.17, 15) is 9.59 Å². The molecule has 1 aromatic rings.